The second-order valence-corrected chi connectivity index (χ2v) is 9.50. The topological polar surface area (TPSA) is 76.7 Å². The van der Waals surface area contributed by atoms with Crippen LogP contribution >= 0.6 is 23.4 Å². The minimum atomic E-state index is -5.02. The molecule has 0 atom stereocenters. The smallest absolute Gasteiger partial charge is 0.292 e. The van der Waals surface area contributed by atoms with Gasteiger partial charge in [0.1, 0.15) is 11.5 Å². The number of hydrogen-bond acceptors (Lipinski definition) is 5. The molecule has 1 aromatic heterocycles. The first-order valence-electron chi connectivity index (χ1n) is 10.7. The maximum Gasteiger partial charge on any atom is 0.431 e. The lowest BCUT2D eigenvalue weighted by Gasteiger charge is -2.17. The van der Waals surface area contributed by atoms with E-state index < -0.39 is 52.3 Å². The predicted molar refractivity (Wildman–Crippen MR) is 129 cm³/mol. The number of thioether (sulfide) groups is 1. The molecule has 206 valence electrons. The molecule has 0 unspecified atom stereocenters. The third-order valence-corrected chi connectivity index (χ3v) is 6.83. The molecule has 0 N–H and O–H groups in total. The van der Waals surface area contributed by atoms with Gasteiger partial charge in [0.25, 0.3) is 5.56 Å². The van der Waals surface area contributed by atoms with Gasteiger partial charge in [-0.3, -0.25) is 19.1 Å². The Kier molecular flexibility index (Phi) is 7.42. The van der Waals surface area contributed by atoms with Gasteiger partial charge in [-0.05, 0) is 29.8 Å². The summed E-state index contributed by atoms with van der Waals surface area (Å²) in [5.41, 5.74) is -5.97. The standard InChI is InChI=1S/C23H14ClF7N4O3S/c1-33-17(23(29,30)31)8-18(36)35(21(33)38)16-7-15(13(24)6-14(16)25)32-20-34(19(37)10-39-20)9-11-2-4-12(5-3-11)22(26,27)28/h2-8H,9-10H2,1H3/b32-20-. The Labute approximate surface area is 223 Å². The van der Waals surface area contributed by atoms with Gasteiger partial charge < -0.3 is 0 Å². The van der Waals surface area contributed by atoms with Gasteiger partial charge in [0.2, 0.25) is 5.91 Å². The van der Waals surface area contributed by atoms with E-state index in [2.05, 4.69) is 4.99 Å². The molecule has 2 aromatic carbocycles. The first kappa shape index (κ1) is 28.4. The van der Waals surface area contributed by atoms with Crippen LogP contribution in [0, 0.1) is 5.82 Å². The second-order valence-electron chi connectivity index (χ2n) is 8.16. The summed E-state index contributed by atoms with van der Waals surface area (Å²) in [4.78, 5) is 42.8. The van der Waals surface area contributed by atoms with E-state index in [0.717, 1.165) is 41.9 Å². The number of halogens is 8. The van der Waals surface area contributed by atoms with Gasteiger partial charge in [0, 0.05) is 13.1 Å². The number of amidine groups is 1. The number of aliphatic imine (C=N–C) groups is 1. The minimum Gasteiger partial charge on any atom is -0.292 e. The molecule has 2 heterocycles. The van der Waals surface area contributed by atoms with E-state index >= 15 is 0 Å². The van der Waals surface area contributed by atoms with Crippen molar-refractivity contribution in [2.24, 2.45) is 12.0 Å². The van der Waals surface area contributed by atoms with Crippen LogP contribution in [0.3, 0.4) is 0 Å². The first-order valence-corrected chi connectivity index (χ1v) is 12.0. The maximum absolute atomic E-state index is 14.8. The molecule has 1 amide bonds. The summed E-state index contributed by atoms with van der Waals surface area (Å²) in [7, 11) is 0.760. The molecule has 0 aliphatic carbocycles. The molecule has 1 saturated heterocycles. The van der Waals surface area contributed by atoms with Gasteiger partial charge >= 0.3 is 18.0 Å². The zero-order valence-corrected chi connectivity index (χ0v) is 21.0. The van der Waals surface area contributed by atoms with Crippen molar-refractivity contribution >= 4 is 40.1 Å². The van der Waals surface area contributed by atoms with Crippen LogP contribution in [0.2, 0.25) is 5.02 Å². The molecular formula is C23H14ClF7N4O3S. The van der Waals surface area contributed by atoms with E-state index in [9.17, 15) is 45.1 Å². The fourth-order valence-electron chi connectivity index (χ4n) is 3.62. The van der Waals surface area contributed by atoms with Crippen molar-refractivity contribution < 1.29 is 35.5 Å². The predicted octanol–water partition coefficient (Wildman–Crippen LogP) is 5.13. The fraction of sp³-hybridized carbons (Fsp3) is 0.217. The number of rotatable bonds is 4. The van der Waals surface area contributed by atoms with Crippen molar-refractivity contribution in [2.75, 3.05) is 5.75 Å². The largest absolute Gasteiger partial charge is 0.431 e. The molecule has 0 bridgehead atoms. The number of benzene rings is 2. The summed E-state index contributed by atoms with van der Waals surface area (Å²) in [5, 5.41) is -0.276. The second kappa shape index (κ2) is 10.2. The van der Waals surface area contributed by atoms with Crippen molar-refractivity contribution in [1.82, 2.24) is 14.0 Å². The lowest BCUT2D eigenvalue weighted by molar-refractivity contribution is -0.144. The average Bonchev–Trinajstić information content (AvgIpc) is 3.17. The van der Waals surface area contributed by atoms with Gasteiger partial charge in [0.15, 0.2) is 5.17 Å². The van der Waals surface area contributed by atoms with Crippen LogP contribution in [-0.2, 0) is 30.7 Å². The van der Waals surface area contributed by atoms with Gasteiger partial charge in [-0.25, -0.2) is 18.7 Å². The highest BCUT2D eigenvalue weighted by Crippen LogP contribution is 2.34. The maximum atomic E-state index is 14.8. The van der Waals surface area contributed by atoms with E-state index in [1.165, 1.54) is 12.1 Å². The summed E-state index contributed by atoms with van der Waals surface area (Å²) < 4.78 is 93.1. The Morgan fingerprint density at radius 2 is 1.62 bits per heavy atom. The van der Waals surface area contributed by atoms with Crippen LogP contribution in [0.15, 0.2) is 57.0 Å². The highest BCUT2D eigenvalue weighted by molar-refractivity contribution is 8.15. The summed E-state index contributed by atoms with van der Waals surface area (Å²) in [6.45, 7) is -0.159. The Morgan fingerprint density at radius 1 is 0.974 bits per heavy atom. The number of amides is 1. The van der Waals surface area contributed by atoms with Gasteiger partial charge in [-0.2, -0.15) is 26.3 Å². The number of carbonyl (C=O) groups is 1. The van der Waals surface area contributed by atoms with Crippen LogP contribution < -0.4 is 11.2 Å². The zero-order valence-electron chi connectivity index (χ0n) is 19.4. The van der Waals surface area contributed by atoms with Gasteiger partial charge in [-0.15, -0.1) is 0 Å². The van der Waals surface area contributed by atoms with Crippen LogP contribution in [0.25, 0.3) is 5.69 Å². The molecule has 1 aliphatic rings. The quantitative estimate of drug-likeness (QED) is 0.393. The van der Waals surface area contributed by atoms with Gasteiger partial charge in [0.05, 0.1) is 34.3 Å². The van der Waals surface area contributed by atoms with Crippen molar-refractivity contribution in [1.29, 1.82) is 0 Å². The molecule has 0 spiro atoms. The Balaban J connectivity index is 1.74. The number of alkyl halides is 6. The molecule has 0 saturated carbocycles. The Hall–Kier alpha value is -3.59. The molecular weight excluding hydrogens is 581 g/mol. The molecule has 4 rings (SSSR count). The summed E-state index contributed by atoms with van der Waals surface area (Å²) >= 11 is 7.02. The highest BCUT2D eigenvalue weighted by Gasteiger charge is 2.35. The van der Waals surface area contributed by atoms with Crippen molar-refractivity contribution in [3.05, 3.63) is 91.0 Å². The van der Waals surface area contributed by atoms with Crippen LogP contribution in [0.5, 0.6) is 0 Å². The van der Waals surface area contributed by atoms with E-state index in [0.29, 0.717) is 11.6 Å². The Bertz CT molecular complexity index is 1610. The average molecular weight is 595 g/mol. The Morgan fingerprint density at radius 3 is 2.21 bits per heavy atom. The van der Waals surface area contributed by atoms with E-state index in [-0.39, 0.29) is 43.4 Å². The molecule has 3 aromatic rings. The third kappa shape index (κ3) is 5.73. The zero-order chi connectivity index (χ0) is 28.9. The number of nitrogens with zero attached hydrogens (tertiary/aromatic N) is 4. The van der Waals surface area contributed by atoms with E-state index in [1.54, 1.807) is 0 Å². The molecule has 1 fully saturated rings. The van der Waals surface area contributed by atoms with Crippen molar-refractivity contribution in [3.63, 3.8) is 0 Å². The lowest BCUT2D eigenvalue weighted by atomic mass is 10.1. The van der Waals surface area contributed by atoms with Crippen LogP contribution in [0.1, 0.15) is 16.8 Å². The van der Waals surface area contributed by atoms with Gasteiger partial charge in [-0.1, -0.05) is 35.5 Å². The lowest BCUT2D eigenvalue weighted by Crippen LogP contribution is -2.41. The van der Waals surface area contributed by atoms with Crippen molar-refractivity contribution in [3.8, 4) is 5.69 Å². The molecule has 0 radical (unpaired) electrons. The highest BCUT2D eigenvalue weighted by atomic mass is 35.5. The monoisotopic (exact) mass is 594 g/mol. The molecule has 39 heavy (non-hydrogen) atoms. The molecule has 7 nitrogen and oxygen atoms in total. The SMILES string of the molecule is Cn1c(C(F)(F)F)cc(=O)n(-c2cc(/N=C3\SCC(=O)N3Cc3ccc(C(F)(F)F)cc3)c(Cl)cc2F)c1=O. The van der Waals surface area contributed by atoms with E-state index in [1.807, 2.05) is 0 Å². The summed E-state index contributed by atoms with van der Waals surface area (Å²) in [6.07, 6.45) is -9.57. The fourth-order valence-corrected chi connectivity index (χ4v) is 4.71. The number of aromatic nitrogens is 2. The van der Waals surface area contributed by atoms with Crippen LogP contribution in [-0.4, -0.2) is 30.9 Å². The van der Waals surface area contributed by atoms with Crippen LogP contribution in [0.4, 0.5) is 36.4 Å². The summed E-state index contributed by atoms with van der Waals surface area (Å²) in [5.74, 6) is -1.73. The molecule has 1 aliphatic heterocycles. The van der Waals surface area contributed by atoms with Crippen molar-refractivity contribution in [2.45, 2.75) is 18.9 Å². The third-order valence-electron chi connectivity index (χ3n) is 5.56. The normalized spacial score (nSPS) is 15.5. The first-order chi connectivity index (χ1) is 18.1. The number of carbonyl (C=O) groups excluding carboxylic acids is 1. The van der Waals surface area contributed by atoms with E-state index in [4.69, 9.17) is 11.6 Å². The summed E-state index contributed by atoms with van der Waals surface area (Å²) in [6, 6.07) is 5.77. The molecule has 16 heteroatoms. The minimum absolute atomic E-state index is 0.0343. The number of hydrogen-bond donors (Lipinski definition) is 0.